The Hall–Kier alpha value is -2.23. The Bertz CT molecular complexity index is 638. The van der Waals surface area contributed by atoms with E-state index in [0.29, 0.717) is 11.3 Å². The molecule has 2 aromatic rings. The minimum absolute atomic E-state index is 0.100. The van der Waals surface area contributed by atoms with Crippen molar-refractivity contribution in [1.29, 1.82) is 0 Å². The lowest BCUT2D eigenvalue weighted by Gasteiger charge is -2.07. The quantitative estimate of drug-likeness (QED) is 0.680. The Morgan fingerprint density at radius 2 is 1.89 bits per heavy atom. The first-order valence-corrected chi connectivity index (χ1v) is 5.80. The zero-order chi connectivity index (χ0) is 14.0. The van der Waals surface area contributed by atoms with E-state index in [-0.39, 0.29) is 17.8 Å². The average molecular weight is 261 g/mol. The van der Waals surface area contributed by atoms with Gasteiger partial charge in [-0.25, -0.2) is 8.78 Å². The van der Waals surface area contributed by atoms with Gasteiger partial charge in [0.05, 0.1) is 0 Å². The summed E-state index contributed by atoms with van der Waals surface area (Å²) in [6.45, 7) is 1.77. The molecule has 2 N–H and O–H groups in total. The van der Waals surface area contributed by atoms with Crippen LogP contribution in [-0.4, -0.2) is 5.78 Å². The van der Waals surface area contributed by atoms with Crippen LogP contribution in [0.2, 0.25) is 0 Å². The SMILES string of the molecule is Cc1cc(N)ccc1C(=O)Cc1ccc(F)cc1F. The Labute approximate surface area is 109 Å². The van der Waals surface area contributed by atoms with Crippen molar-refractivity contribution in [3.63, 3.8) is 0 Å². The summed E-state index contributed by atoms with van der Waals surface area (Å²) in [7, 11) is 0. The first kappa shape index (κ1) is 13.2. The van der Waals surface area contributed by atoms with E-state index in [2.05, 4.69) is 0 Å². The number of nitrogens with two attached hydrogens (primary N) is 1. The number of Topliss-reactive ketones (excluding diaryl/α,β-unsaturated/α-hetero) is 1. The van der Waals surface area contributed by atoms with Crippen molar-refractivity contribution in [2.75, 3.05) is 5.73 Å². The van der Waals surface area contributed by atoms with Gasteiger partial charge in [-0.2, -0.15) is 0 Å². The maximum atomic E-state index is 13.5. The Morgan fingerprint density at radius 1 is 1.16 bits per heavy atom. The topological polar surface area (TPSA) is 43.1 Å². The number of ketones is 1. The zero-order valence-corrected chi connectivity index (χ0v) is 10.4. The molecule has 0 fully saturated rings. The molecule has 0 aliphatic rings. The fourth-order valence-electron chi connectivity index (χ4n) is 1.93. The van der Waals surface area contributed by atoms with Gasteiger partial charge in [0.15, 0.2) is 5.78 Å². The first-order chi connectivity index (χ1) is 8.97. The van der Waals surface area contributed by atoms with Gasteiger partial charge in [0.25, 0.3) is 0 Å². The molecule has 0 saturated carbocycles. The van der Waals surface area contributed by atoms with Crippen LogP contribution in [0.15, 0.2) is 36.4 Å². The summed E-state index contributed by atoms with van der Waals surface area (Å²) in [6.07, 6.45) is -0.100. The maximum absolute atomic E-state index is 13.5. The molecule has 2 rings (SSSR count). The smallest absolute Gasteiger partial charge is 0.167 e. The highest BCUT2D eigenvalue weighted by Crippen LogP contribution is 2.17. The second-order valence-electron chi connectivity index (χ2n) is 4.41. The van der Waals surface area contributed by atoms with Gasteiger partial charge < -0.3 is 5.73 Å². The molecule has 0 unspecified atom stereocenters. The summed E-state index contributed by atoms with van der Waals surface area (Å²) in [5.41, 5.74) is 7.60. The van der Waals surface area contributed by atoms with E-state index < -0.39 is 11.6 Å². The van der Waals surface area contributed by atoms with Gasteiger partial charge in [-0.1, -0.05) is 6.07 Å². The highest BCUT2D eigenvalue weighted by molar-refractivity contribution is 5.99. The van der Waals surface area contributed by atoms with Gasteiger partial charge in [0, 0.05) is 23.7 Å². The van der Waals surface area contributed by atoms with Crippen molar-refractivity contribution in [1.82, 2.24) is 0 Å². The van der Waals surface area contributed by atoms with E-state index in [4.69, 9.17) is 5.73 Å². The van der Waals surface area contributed by atoms with E-state index in [1.165, 1.54) is 6.07 Å². The van der Waals surface area contributed by atoms with Crippen LogP contribution >= 0.6 is 0 Å². The number of benzene rings is 2. The molecule has 19 heavy (non-hydrogen) atoms. The monoisotopic (exact) mass is 261 g/mol. The van der Waals surface area contributed by atoms with Crippen molar-refractivity contribution in [3.05, 3.63) is 64.7 Å². The van der Waals surface area contributed by atoms with Crippen LogP contribution in [0.3, 0.4) is 0 Å². The van der Waals surface area contributed by atoms with E-state index in [1.54, 1.807) is 25.1 Å². The summed E-state index contributed by atoms with van der Waals surface area (Å²) in [4.78, 5) is 12.1. The number of hydrogen-bond acceptors (Lipinski definition) is 2. The van der Waals surface area contributed by atoms with E-state index in [0.717, 1.165) is 17.7 Å². The van der Waals surface area contributed by atoms with Crippen LogP contribution in [0, 0.1) is 18.6 Å². The second kappa shape index (κ2) is 5.18. The number of halogens is 2. The lowest BCUT2D eigenvalue weighted by Crippen LogP contribution is -2.07. The van der Waals surface area contributed by atoms with Gasteiger partial charge in [0.1, 0.15) is 11.6 Å². The van der Waals surface area contributed by atoms with Crippen LogP contribution in [0.1, 0.15) is 21.5 Å². The van der Waals surface area contributed by atoms with Crippen molar-refractivity contribution < 1.29 is 13.6 Å². The summed E-state index contributed by atoms with van der Waals surface area (Å²) in [5, 5.41) is 0. The average Bonchev–Trinajstić information content (AvgIpc) is 2.32. The van der Waals surface area contributed by atoms with Crippen molar-refractivity contribution in [2.24, 2.45) is 0 Å². The highest BCUT2D eigenvalue weighted by Gasteiger charge is 2.13. The molecule has 98 valence electrons. The maximum Gasteiger partial charge on any atom is 0.167 e. The Balaban J connectivity index is 2.25. The van der Waals surface area contributed by atoms with E-state index >= 15 is 0 Å². The largest absolute Gasteiger partial charge is 0.399 e. The lowest BCUT2D eigenvalue weighted by molar-refractivity contribution is 0.0991. The molecule has 0 spiro atoms. The zero-order valence-electron chi connectivity index (χ0n) is 10.4. The van der Waals surface area contributed by atoms with Crippen molar-refractivity contribution in [2.45, 2.75) is 13.3 Å². The molecule has 0 bridgehead atoms. The summed E-state index contributed by atoms with van der Waals surface area (Å²) >= 11 is 0. The van der Waals surface area contributed by atoms with Crippen molar-refractivity contribution in [3.8, 4) is 0 Å². The minimum atomic E-state index is -0.707. The summed E-state index contributed by atoms with van der Waals surface area (Å²) < 4.78 is 26.3. The molecule has 0 aliphatic carbocycles. The number of carbonyl (C=O) groups excluding carboxylic acids is 1. The number of aryl methyl sites for hydroxylation is 1. The van der Waals surface area contributed by atoms with Crippen LogP contribution in [0.5, 0.6) is 0 Å². The number of carbonyl (C=O) groups is 1. The first-order valence-electron chi connectivity index (χ1n) is 5.80. The lowest BCUT2D eigenvalue weighted by atomic mass is 9.98. The van der Waals surface area contributed by atoms with Gasteiger partial charge in [-0.3, -0.25) is 4.79 Å². The van der Waals surface area contributed by atoms with Gasteiger partial charge >= 0.3 is 0 Å². The normalized spacial score (nSPS) is 10.5. The number of rotatable bonds is 3. The number of nitrogen functional groups attached to an aromatic ring is 1. The highest BCUT2D eigenvalue weighted by atomic mass is 19.1. The van der Waals surface area contributed by atoms with Crippen LogP contribution in [0.4, 0.5) is 14.5 Å². The van der Waals surface area contributed by atoms with Crippen LogP contribution in [-0.2, 0) is 6.42 Å². The molecule has 0 aliphatic heterocycles. The Kier molecular flexibility index (Phi) is 3.60. The van der Waals surface area contributed by atoms with Gasteiger partial charge in [-0.15, -0.1) is 0 Å². The van der Waals surface area contributed by atoms with Crippen LogP contribution < -0.4 is 5.73 Å². The molecule has 0 heterocycles. The molecular weight excluding hydrogens is 248 g/mol. The fourth-order valence-corrected chi connectivity index (χ4v) is 1.93. The fraction of sp³-hybridized carbons (Fsp3) is 0.133. The predicted molar refractivity (Wildman–Crippen MR) is 70.0 cm³/mol. The molecule has 2 nitrogen and oxygen atoms in total. The standard InChI is InChI=1S/C15H13F2NO/c1-9-6-12(18)4-5-13(9)15(19)7-10-2-3-11(16)8-14(10)17/h2-6,8H,7,18H2,1H3. The molecule has 4 heteroatoms. The molecule has 0 radical (unpaired) electrons. The van der Waals surface area contributed by atoms with Crippen molar-refractivity contribution >= 4 is 11.5 Å². The molecule has 0 atom stereocenters. The third-order valence-electron chi connectivity index (χ3n) is 2.92. The molecule has 0 saturated heterocycles. The van der Waals surface area contributed by atoms with Gasteiger partial charge in [0.2, 0.25) is 0 Å². The molecule has 0 amide bonds. The molecular formula is C15H13F2NO. The van der Waals surface area contributed by atoms with E-state index in [1.807, 2.05) is 0 Å². The third kappa shape index (κ3) is 2.96. The third-order valence-corrected chi connectivity index (χ3v) is 2.92. The number of hydrogen-bond donors (Lipinski definition) is 1. The summed E-state index contributed by atoms with van der Waals surface area (Å²) in [6, 6.07) is 8.14. The molecule has 0 aromatic heterocycles. The van der Waals surface area contributed by atoms with Crippen LogP contribution in [0.25, 0.3) is 0 Å². The minimum Gasteiger partial charge on any atom is -0.399 e. The summed E-state index contributed by atoms with van der Waals surface area (Å²) in [5.74, 6) is -1.58. The second-order valence-corrected chi connectivity index (χ2v) is 4.41. The number of anilines is 1. The predicted octanol–water partition coefficient (Wildman–Crippen LogP) is 3.28. The Morgan fingerprint density at radius 3 is 2.53 bits per heavy atom. The van der Waals surface area contributed by atoms with E-state index in [9.17, 15) is 13.6 Å². The van der Waals surface area contributed by atoms with Gasteiger partial charge in [-0.05, 0) is 42.3 Å². The molecule has 2 aromatic carbocycles.